The second-order valence-corrected chi connectivity index (χ2v) is 30.6. The number of carbonyl (C=O) groups is 6. The average Bonchev–Trinajstić information content (AvgIpc) is 0.848. The van der Waals surface area contributed by atoms with Crippen LogP contribution in [0.1, 0.15) is 168 Å². The zero-order valence-electron chi connectivity index (χ0n) is 78.2. The number of carbonyl (C=O) groups excluding carboxylic acids is 6. The Kier molecular flexibility index (Phi) is 43.6. The highest BCUT2D eigenvalue weighted by Crippen LogP contribution is 2.26. The number of nitrogens with one attached hydrogen (secondary N) is 1. The number of hydrazone groups is 1. The minimum Gasteiger partial charge on any atom is -0.507 e. The van der Waals surface area contributed by atoms with E-state index in [1.54, 1.807) is 119 Å². The van der Waals surface area contributed by atoms with Gasteiger partial charge in [0.05, 0.1) is 27.0 Å². The standard InChI is InChI=1S/C19H21NO3.C17H17NO2.C17H17NO.C16H16N2O.C16H15NO.C15H14N2O.C14H13N3O/c1-13-7-5-6-8-16(13)18(21)12-20-14(2)17-10-9-15(22-3)11-19(17)23-4;1-12-7-9-14(10-8-12)17(20)11-18-13(2)15-5-3-4-6-16(15)19;1-13-8-6-7-11-16(13)17(19)12-18-14(2)15-9-4-3-5-10-15;1-12-5-3-4-6-15(12)16(19)11-18-13(2)14-7-9-17-10-8-14;1-13(14-7-3-2-4-8-14)11-17-12-15-9-5-6-10-16(15)18;1-12-4-6-14(7-5-12)15(18)11-17-10-13-3-2-8-16-9-13;1-11-4-2-3-5-13(11)14(18)17-16-10-12-6-8-15-9-7-12/h5-11H,12H2,1-4H3;3-10,19H,11H2,1-2H3;3-11H,12H2,1-2H3;3-10H,11H2,1-2H3;2-10,12,18H,1,11H2;2-10H,11H2,1H3;2-10H,1H3,(H,17,18)/b;;;;;;16-10+. The van der Waals surface area contributed by atoms with Crippen molar-refractivity contribution in [1.82, 2.24) is 20.4 Å². The number of aromatic hydroxyl groups is 2. The number of ether oxygens (including phenoxy) is 2. The van der Waals surface area contributed by atoms with Crippen molar-refractivity contribution in [3.63, 3.8) is 0 Å². The molecule has 0 fully saturated rings. The lowest BCUT2D eigenvalue weighted by molar-refractivity contribution is 0.0950. The Morgan fingerprint density at radius 2 is 0.741 bits per heavy atom. The summed E-state index contributed by atoms with van der Waals surface area (Å²) in [4.78, 5) is 110. The number of aryl methyl sites for hydroxylation is 6. The molecule has 14 aromatic rings. The molecule has 0 saturated heterocycles. The number of hydrogen-bond acceptors (Lipinski definition) is 20. The predicted molar refractivity (Wildman–Crippen MR) is 547 cm³/mol. The zero-order chi connectivity index (χ0) is 97.1. The van der Waals surface area contributed by atoms with Crippen molar-refractivity contribution in [2.24, 2.45) is 35.1 Å². The van der Waals surface area contributed by atoms with Gasteiger partial charge in [-0.2, -0.15) is 5.10 Å². The second-order valence-electron chi connectivity index (χ2n) is 30.6. The third kappa shape index (κ3) is 36.0. The van der Waals surface area contributed by atoms with Gasteiger partial charge in [-0.15, -0.1) is 0 Å². The number of ketones is 5. The van der Waals surface area contributed by atoms with Crippen molar-refractivity contribution < 1.29 is 48.5 Å². The number of para-hydroxylation sites is 2. The van der Waals surface area contributed by atoms with Crippen LogP contribution in [0.4, 0.5) is 0 Å². The summed E-state index contributed by atoms with van der Waals surface area (Å²) in [5.74, 6) is 1.72. The molecule has 0 atom stereocenters. The van der Waals surface area contributed by atoms with Crippen molar-refractivity contribution >= 4 is 81.9 Å². The maximum atomic E-state index is 12.3. The minimum absolute atomic E-state index is 0.00919. The molecule has 0 saturated carbocycles. The Morgan fingerprint density at radius 1 is 0.333 bits per heavy atom. The van der Waals surface area contributed by atoms with E-state index < -0.39 is 0 Å². The molecule has 684 valence electrons. The topological polar surface area (TPSA) is 299 Å². The van der Waals surface area contributed by atoms with E-state index in [1.165, 1.54) is 0 Å². The summed E-state index contributed by atoms with van der Waals surface area (Å²) in [5, 5.41) is 23.2. The Hall–Kier alpha value is -16.7. The molecule has 0 spiro atoms. The summed E-state index contributed by atoms with van der Waals surface area (Å²) >= 11 is 0. The highest BCUT2D eigenvalue weighted by atomic mass is 16.5. The Balaban J connectivity index is 0.000000194. The lowest BCUT2D eigenvalue weighted by atomic mass is 10.0. The van der Waals surface area contributed by atoms with Crippen LogP contribution in [0.5, 0.6) is 23.0 Å². The molecule has 3 aromatic heterocycles. The summed E-state index contributed by atoms with van der Waals surface area (Å²) < 4.78 is 10.6. The quantitative estimate of drug-likeness (QED) is 0.0223. The highest BCUT2D eigenvalue weighted by Gasteiger charge is 2.15. The summed E-state index contributed by atoms with van der Waals surface area (Å²) in [6.07, 6.45) is 15.1. The first-order valence-electron chi connectivity index (χ1n) is 43.5. The van der Waals surface area contributed by atoms with Crippen LogP contribution < -0.4 is 14.9 Å². The number of amides is 1. The van der Waals surface area contributed by atoms with E-state index in [0.717, 1.165) is 112 Å². The number of methoxy groups -OCH3 is 2. The van der Waals surface area contributed by atoms with Crippen molar-refractivity contribution in [1.29, 1.82) is 0 Å². The van der Waals surface area contributed by atoms with Gasteiger partial charge in [-0.05, 0) is 192 Å². The van der Waals surface area contributed by atoms with Crippen molar-refractivity contribution in [2.75, 3.05) is 53.5 Å². The number of aromatic nitrogens is 3. The van der Waals surface area contributed by atoms with Gasteiger partial charge in [0.1, 0.15) is 55.7 Å². The van der Waals surface area contributed by atoms with Crippen LogP contribution in [0.2, 0.25) is 0 Å². The Morgan fingerprint density at radius 3 is 1.21 bits per heavy atom. The number of nitrogens with zero attached hydrogens (tertiary/aromatic N) is 10. The van der Waals surface area contributed by atoms with Crippen LogP contribution in [0.15, 0.2) is 388 Å². The molecular formula is C114H113N11O10. The summed E-state index contributed by atoms with van der Waals surface area (Å²) in [7, 11) is 3.21. The number of aliphatic imine (C=N–C) groups is 6. The van der Waals surface area contributed by atoms with Crippen molar-refractivity contribution in [3.05, 3.63) is 464 Å². The molecule has 21 heteroatoms. The van der Waals surface area contributed by atoms with E-state index in [1.807, 2.05) is 329 Å². The zero-order valence-corrected chi connectivity index (χ0v) is 78.2. The van der Waals surface area contributed by atoms with Crippen molar-refractivity contribution in [2.45, 2.75) is 69.2 Å². The van der Waals surface area contributed by atoms with Crippen molar-refractivity contribution in [3.8, 4) is 23.0 Å². The highest BCUT2D eigenvalue weighted by molar-refractivity contribution is 6.07. The third-order valence-electron chi connectivity index (χ3n) is 20.6. The van der Waals surface area contributed by atoms with Gasteiger partial charge >= 0.3 is 0 Å². The van der Waals surface area contributed by atoms with E-state index in [0.29, 0.717) is 45.8 Å². The molecular weight excluding hydrogens is 1680 g/mol. The number of phenolic OH excluding ortho intramolecular Hbond substituents is 2. The van der Waals surface area contributed by atoms with Crippen LogP contribution in [-0.4, -0.2) is 155 Å². The van der Waals surface area contributed by atoms with Crippen LogP contribution >= 0.6 is 0 Å². The Bertz CT molecular complexity index is 6330. The fourth-order valence-electron chi connectivity index (χ4n) is 12.6. The minimum atomic E-state index is -0.210. The monoisotopic (exact) mass is 1800 g/mol. The second kappa shape index (κ2) is 56.7. The first-order valence-corrected chi connectivity index (χ1v) is 43.5. The molecule has 3 N–H and O–H groups in total. The molecule has 0 aliphatic carbocycles. The first-order chi connectivity index (χ1) is 65.3. The molecule has 0 radical (unpaired) electrons. The number of Topliss-reactive ketones (excluding diaryl/α,β-unsaturated/α-hetero) is 5. The average molecular weight is 1800 g/mol. The molecule has 0 unspecified atom stereocenters. The fourth-order valence-corrected chi connectivity index (χ4v) is 12.6. The predicted octanol–water partition coefficient (Wildman–Crippen LogP) is 22.2. The van der Waals surface area contributed by atoms with Gasteiger partial charge in [0.2, 0.25) is 0 Å². The molecule has 1 amide bonds. The molecule has 0 aliphatic heterocycles. The summed E-state index contributed by atoms with van der Waals surface area (Å²) in [5.41, 5.74) is 24.1. The van der Waals surface area contributed by atoms with Gasteiger partial charge in [-0.3, -0.25) is 73.7 Å². The van der Waals surface area contributed by atoms with Gasteiger partial charge in [-0.25, -0.2) is 5.43 Å². The SMILES string of the molecule is C=C(CN=Cc1ccccc1O)c1ccccc1.CC(=NCC(=O)c1ccc(C)cc1)c1ccccc1O.CC(=NCC(=O)c1ccccc1C)c1ccccc1.CC(=NCC(=O)c1ccccc1C)c1ccncc1.COc1ccc(C(C)=NCC(=O)c2ccccc2C)c(OC)c1.Cc1ccc(C(=O)CN=Cc2cccnc2)cc1.Cc1ccccc1C(=O)N/N=C/c1ccncc1. The van der Waals surface area contributed by atoms with E-state index in [4.69, 9.17) is 9.47 Å². The normalized spacial score (nSPS) is 11.1. The van der Waals surface area contributed by atoms with Gasteiger partial charge < -0.3 is 19.7 Å². The fraction of sp³-hybridized carbons (Fsp3) is 0.158. The lowest BCUT2D eigenvalue weighted by Crippen LogP contribution is -2.18. The molecule has 14 rings (SSSR count). The molecule has 135 heavy (non-hydrogen) atoms. The van der Waals surface area contributed by atoms with E-state index in [2.05, 4.69) is 62.0 Å². The number of pyridine rings is 3. The Labute approximate surface area is 791 Å². The number of benzene rings is 11. The summed E-state index contributed by atoms with van der Waals surface area (Å²) in [6, 6.07) is 95.7. The van der Waals surface area contributed by atoms with E-state index in [9.17, 15) is 39.0 Å². The van der Waals surface area contributed by atoms with Gasteiger partial charge in [-0.1, -0.05) is 248 Å². The van der Waals surface area contributed by atoms with Gasteiger partial charge in [0, 0.05) is 134 Å². The third-order valence-corrected chi connectivity index (χ3v) is 20.6. The molecule has 11 aromatic carbocycles. The van der Waals surface area contributed by atoms with Gasteiger partial charge in [0.25, 0.3) is 5.91 Å². The maximum Gasteiger partial charge on any atom is 0.271 e. The maximum absolute atomic E-state index is 12.3. The largest absolute Gasteiger partial charge is 0.507 e. The number of phenols is 2. The van der Waals surface area contributed by atoms with Crippen LogP contribution in [0.3, 0.4) is 0 Å². The van der Waals surface area contributed by atoms with Crippen LogP contribution in [0, 0.1) is 41.5 Å². The number of hydrogen-bond donors (Lipinski definition) is 3. The van der Waals surface area contributed by atoms with Gasteiger partial charge in [0.15, 0.2) is 28.9 Å². The van der Waals surface area contributed by atoms with Crippen LogP contribution in [-0.2, 0) is 0 Å². The molecule has 21 nitrogen and oxygen atoms in total. The first kappa shape index (κ1) is 104. The summed E-state index contributed by atoms with van der Waals surface area (Å²) in [6.45, 7) is 24.4. The van der Waals surface area contributed by atoms with Crippen LogP contribution in [0.25, 0.3) is 5.57 Å². The molecule has 3 heterocycles. The molecule has 0 bridgehead atoms. The van der Waals surface area contributed by atoms with E-state index >= 15 is 0 Å². The lowest BCUT2D eigenvalue weighted by Gasteiger charge is -2.10. The smallest absolute Gasteiger partial charge is 0.271 e. The molecule has 0 aliphatic rings. The van der Waals surface area contributed by atoms with E-state index in [-0.39, 0.29) is 79.0 Å². The number of rotatable bonds is 29.